The first-order chi connectivity index (χ1) is 9.86. The van der Waals surface area contributed by atoms with Gasteiger partial charge in [-0.15, -0.1) is 0 Å². The second kappa shape index (κ2) is 6.33. The Balaban J connectivity index is 2.29. The SMILES string of the molecule is Cc1nc(N)nc(N)c1/C=C/C(C)c1cc(Cl)cc(Cl)c1. The molecule has 4 nitrogen and oxygen atoms in total. The molecule has 0 aliphatic heterocycles. The predicted molar refractivity (Wildman–Crippen MR) is 89.5 cm³/mol. The molecule has 0 radical (unpaired) electrons. The lowest BCUT2D eigenvalue weighted by atomic mass is 9.99. The third kappa shape index (κ3) is 3.86. The van der Waals surface area contributed by atoms with Crippen molar-refractivity contribution in [3.8, 4) is 0 Å². The molecule has 1 heterocycles. The number of nitrogen functional groups attached to an aromatic ring is 2. The molecule has 4 N–H and O–H groups in total. The third-order valence-corrected chi connectivity index (χ3v) is 3.58. The number of benzene rings is 1. The molecule has 0 saturated heterocycles. The molecule has 1 unspecified atom stereocenters. The minimum Gasteiger partial charge on any atom is -0.383 e. The van der Waals surface area contributed by atoms with E-state index in [1.807, 2.05) is 38.1 Å². The highest BCUT2D eigenvalue weighted by Gasteiger charge is 2.07. The van der Waals surface area contributed by atoms with Gasteiger partial charge in [0.05, 0.1) is 5.69 Å². The van der Waals surface area contributed by atoms with Crippen molar-refractivity contribution in [3.05, 3.63) is 51.1 Å². The molecule has 0 fully saturated rings. The van der Waals surface area contributed by atoms with Gasteiger partial charge in [0.1, 0.15) is 5.82 Å². The molecule has 1 aromatic carbocycles. The van der Waals surface area contributed by atoms with Crippen LogP contribution in [0.4, 0.5) is 11.8 Å². The summed E-state index contributed by atoms with van der Waals surface area (Å²) in [6.45, 7) is 3.89. The van der Waals surface area contributed by atoms with Crippen molar-refractivity contribution >= 4 is 41.0 Å². The lowest BCUT2D eigenvalue weighted by Gasteiger charge is -2.09. The molecule has 0 spiro atoms. The van der Waals surface area contributed by atoms with Crippen LogP contribution in [0.3, 0.4) is 0 Å². The lowest BCUT2D eigenvalue weighted by molar-refractivity contribution is 0.972. The Morgan fingerprint density at radius 1 is 1.10 bits per heavy atom. The highest BCUT2D eigenvalue weighted by atomic mass is 35.5. The smallest absolute Gasteiger partial charge is 0.222 e. The maximum atomic E-state index is 6.02. The first-order valence-electron chi connectivity index (χ1n) is 6.40. The summed E-state index contributed by atoms with van der Waals surface area (Å²) in [4.78, 5) is 8.07. The van der Waals surface area contributed by atoms with Crippen molar-refractivity contribution in [2.24, 2.45) is 0 Å². The summed E-state index contributed by atoms with van der Waals surface area (Å²) in [5.41, 5.74) is 14.0. The third-order valence-electron chi connectivity index (χ3n) is 3.15. The highest BCUT2D eigenvalue weighted by Crippen LogP contribution is 2.26. The fourth-order valence-electron chi connectivity index (χ4n) is 2.02. The standard InChI is InChI=1S/C15H16Cl2N4/c1-8(10-5-11(16)7-12(17)6-10)3-4-13-9(2)20-15(19)21-14(13)18/h3-8H,1-2H3,(H4,18,19,20,21)/b4-3+. The van der Waals surface area contributed by atoms with E-state index in [0.29, 0.717) is 15.9 Å². The molecule has 1 aromatic heterocycles. The van der Waals surface area contributed by atoms with Crippen LogP contribution in [-0.4, -0.2) is 9.97 Å². The van der Waals surface area contributed by atoms with E-state index in [4.69, 9.17) is 34.7 Å². The van der Waals surface area contributed by atoms with Crippen molar-refractivity contribution in [1.82, 2.24) is 9.97 Å². The second-order valence-electron chi connectivity index (χ2n) is 4.82. The maximum Gasteiger partial charge on any atom is 0.222 e. The summed E-state index contributed by atoms with van der Waals surface area (Å²) in [6, 6.07) is 5.48. The van der Waals surface area contributed by atoms with Gasteiger partial charge in [-0.25, -0.2) is 4.98 Å². The van der Waals surface area contributed by atoms with E-state index in [9.17, 15) is 0 Å². The molecule has 1 atom stereocenters. The van der Waals surface area contributed by atoms with Gasteiger partial charge in [-0.3, -0.25) is 0 Å². The number of aryl methyl sites for hydroxylation is 1. The van der Waals surface area contributed by atoms with E-state index < -0.39 is 0 Å². The van der Waals surface area contributed by atoms with Crippen LogP contribution < -0.4 is 11.5 Å². The summed E-state index contributed by atoms with van der Waals surface area (Å²) in [6.07, 6.45) is 3.89. The summed E-state index contributed by atoms with van der Waals surface area (Å²) >= 11 is 12.0. The zero-order chi connectivity index (χ0) is 15.6. The van der Waals surface area contributed by atoms with Gasteiger partial charge in [-0.05, 0) is 36.6 Å². The molecule has 0 aliphatic rings. The molecule has 0 saturated carbocycles. The van der Waals surface area contributed by atoms with Crippen molar-refractivity contribution in [1.29, 1.82) is 0 Å². The van der Waals surface area contributed by atoms with E-state index in [1.54, 1.807) is 6.07 Å². The Morgan fingerprint density at radius 2 is 1.71 bits per heavy atom. The zero-order valence-corrected chi connectivity index (χ0v) is 13.3. The van der Waals surface area contributed by atoms with E-state index >= 15 is 0 Å². The molecular formula is C15H16Cl2N4. The number of nitrogens with zero attached hydrogens (tertiary/aromatic N) is 2. The number of allylic oxidation sites excluding steroid dienone is 1. The number of anilines is 2. The number of nitrogens with two attached hydrogens (primary N) is 2. The van der Waals surface area contributed by atoms with Crippen molar-refractivity contribution in [3.63, 3.8) is 0 Å². The number of hydrogen-bond donors (Lipinski definition) is 2. The first-order valence-corrected chi connectivity index (χ1v) is 7.16. The number of rotatable bonds is 3. The van der Waals surface area contributed by atoms with Crippen molar-refractivity contribution in [2.45, 2.75) is 19.8 Å². The monoisotopic (exact) mass is 322 g/mol. The van der Waals surface area contributed by atoms with Crippen LogP contribution in [0.2, 0.25) is 10.0 Å². The van der Waals surface area contributed by atoms with Crippen LogP contribution in [0, 0.1) is 6.92 Å². The molecule has 6 heteroatoms. The van der Waals surface area contributed by atoms with Crippen LogP contribution in [0.5, 0.6) is 0 Å². The molecule has 0 bridgehead atoms. The normalized spacial score (nSPS) is 12.8. The molecule has 0 aliphatic carbocycles. The largest absolute Gasteiger partial charge is 0.383 e. The predicted octanol–water partition coefficient (Wildman–Crippen LogP) is 4.07. The Hall–Kier alpha value is -1.78. The maximum absolute atomic E-state index is 6.02. The first kappa shape index (κ1) is 15.6. The minimum absolute atomic E-state index is 0.123. The molecule has 2 rings (SSSR count). The molecule has 21 heavy (non-hydrogen) atoms. The average Bonchev–Trinajstić information content (AvgIpc) is 2.35. The quantitative estimate of drug-likeness (QED) is 0.892. The fourth-order valence-corrected chi connectivity index (χ4v) is 2.56. The average molecular weight is 323 g/mol. The second-order valence-corrected chi connectivity index (χ2v) is 5.69. The van der Waals surface area contributed by atoms with E-state index in [0.717, 1.165) is 16.8 Å². The molecular weight excluding hydrogens is 307 g/mol. The topological polar surface area (TPSA) is 77.8 Å². The van der Waals surface area contributed by atoms with Crippen LogP contribution >= 0.6 is 23.2 Å². The number of aromatic nitrogens is 2. The van der Waals surface area contributed by atoms with E-state index in [-0.39, 0.29) is 11.9 Å². The fraction of sp³-hybridized carbons (Fsp3) is 0.200. The Morgan fingerprint density at radius 3 is 2.29 bits per heavy atom. The van der Waals surface area contributed by atoms with Gasteiger partial charge in [-0.2, -0.15) is 4.98 Å². The highest BCUT2D eigenvalue weighted by molar-refractivity contribution is 6.34. The van der Waals surface area contributed by atoms with Crippen molar-refractivity contribution < 1.29 is 0 Å². The van der Waals surface area contributed by atoms with Gasteiger partial charge in [0, 0.05) is 15.6 Å². The Kier molecular flexibility index (Phi) is 4.70. The minimum atomic E-state index is 0.123. The van der Waals surface area contributed by atoms with Gasteiger partial charge >= 0.3 is 0 Å². The molecule has 2 aromatic rings. The van der Waals surface area contributed by atoms with E-state index in [2.05, 4.69) is 9.97 Å². The lowest BCUT2D eigenvalue weighted by Crippen LogP contribution is -2.04. The van der Waals surface area contributed by atoms with Gasteiger partial charge in [0.25, 0.3) is 0 Å². The summed E-state index contributed by atoms with van der Waals surface area (Å²) < 4.78 is 0. The van der Waals surface area contributed by atoms with E-state index in [1.165, 1.54) is 0 Å². The number of hydrogen-bond acceptors (Lipinski definition) is 4. The van der Waals surface area contributed by atoms with Gasteiger partial charge < -0.3 is 11.5 Å². The molecule has 110 valence electrons. The summed E-state index contributed by atoms with van der Waals surface area (Å²) in [5.74, 6) is 0.668. The number of halogens is 2. The van der Waals surface area contributed by atoms with Crippen LogP contribution in [-0.2, 0) is 0 Å². The van der Waals surface area contributed by atoms with Gasteiger partial charge in [-0.1, -0.05) is 42.3 Å². The Bertz CT molecular complexity index is 655. The van der Waals surface area contributed by atoms with Gasteiger partial charge in [0.15, 0.2) is 0 Å². The van der Waals surface area contributed by atoms with Crippen LogP contribution in [0.15, 0.2) is 24.3 Å². The summed E-state index contributed by atoms with van der Waals surface area (Å²) in [5, 5.41) is 1.23. The van der Waals surface area contributed by atoms with Crippen molar-refractivity contribution in [2.75, 3.05) is 11.5 Å². The molecule has 0 amide bonds. The summed E-state index contributed by atoms with van der Waals surface area (Å²) in [7, 11) is 0. The van der Waals surface area contributed by atoms with Gasteiger partial charge in [0.2, 0.25) is 5.95 Å². The zero-order valence-electron chi connectivity index (χ0n) is 11.8. The Labute approximate surface area is 133 Å². The van der Waals surface area contributed by atoms with Crippen LogP contribution in [0.1, 0.15) is 29.7 Å². The van der Waals surface area contributed by atoms with Crippen LogP contribution in [0.25, 0.3) is 6.08 Å².